The molecule has 0 aliphatic rings. The van der Waals surface area contributed by atoms with Gasteiger partial charge in [0.15, 0.2) is 0 Å². The van der Waals surface area contributed by atoms with E-state index in [-0.39, 0.29) is 11.7 Å². The first-order chi connectivity index (χ1) is 14.5. The zero-order valence-corrected chi connectivity index (χ0v) is 18.5. The average Bonchev–Trinajstić information content (AvgIpc) is 2.95. The summed E-state index contributed by atoms with van der Waals surface area (Å²) in [7, 11) is 1.66. The zero-order chi connectivity index (χ0) is 21.7. The van der Waals surface area contributed by atoms with Crippen LogP contribution in [0.5, 0.6) is 0 Å². The van der Waals surface area contributed by atoms with Crippen molar-refractivity contribution in [3.8, 4) is 6.07 Å². The number of carbonyl (C=O) groups is 1. The smallest absolute Gasteiger partial charge is 0.235 e. The summed E-state index contributed by atoms with van der Waals surface area (Å²) in [6.07, 6.45) is 0.792. The van der Waals surface area contributed by atoms with E-state index in [0.29, 0.717) is 30.4 Å². The molecule has 0 aliphatic carbocycles. The number of fused-ring (bicyclic) bond motifs is 1. The van der Waals surface area contributed by atoms with Gasteiger partial charge in [0.25, 0.3) is 0 Å². The van der Waals surface area contributed by atoms with Gasteiger partial charge in [-0.2, -0.15) is 5.26 Å². The molecule has 0 unspecified atom stereocenters. The number of nitrogens with one attached hydrogen (secondary N) is 1. The van der Waals surface area contributed by atoms with Crippen molar-refractivity contribution in [1.29, 1.82) is 5.26 Å². The van der Waals surface area contributed by atoms with Gasteiger partial charge in [-0.25, -0.2) is 9.97 Å². The van der Waals surface area contributed by atoms with Gasteiger partial charge in [0.1, 0.15) is 22.7 Å². The topological polar surface area (TPSA) is 92.8 Å². The minimum Gasteiger partial charge on any atom is -0.385 e. The van der Waals surface area contributed by atoms with Crippen molar-refractivity contribution in [3.05, 3.63) is 46.9 Å². The molecule has 8 heteroatoms. The highest BCUT2D eigenvalue weighted by atomic mass is 32.2. The van der Waals surface area contributed by atoms with Crippen LogP contribution in [0.4, 0.5) is 5.82 Å². The van der Waals surface area contributed by atoms with Gasteiger partial charge in [-0.1, -0.05) is 30.0 Å². The van der Waals surface area contributed by atoms with Gasteiger partial charge >= 0.3 is 0 Å². The SMILES string of the molecule is COCCCn1c(C)c(C)c(C#N)c1NC(=O)CSc1nc(C)nc2ccccc12. The predicted molar refractivity (Wildman–Crippen MR) is 119 cm³/mol. The summed E-state index contributed by atoms with van der Waals surface area (Å²) in [5, 5.41) is 14.3. The van der Waals surface area contributed by atoms with Crippen molar-refractivity contribution in [3.63, 3.8) is 0 Å². The fourth-order valence-corrected chi connectivity index (χ4v) is 4.21. The molecule has 1 N–H and O–H groups in total. The molecule has 0 bridgehead atoms. The van der Waals surface area contributed by atoms with Crippen molar-refractivity contribution in [1.82, 2.24) is 14.5 Å². The Balaban J connectivity index is 1.79. The van der Waals surface area contributed by atoms with E-state index in [2.05, 4.69) is 21.4 Å². The fourth-order valence-electron chi connectivity index (χ4n) is 3.35. The van der Waals surface area contributed by atoms with Crippen molar-refractivity contribution >= 4 is 34.4 Å². The fraction of sp³-hybridized carbons (Fsp3) is 0.364. The van der Waals surface area contributed by atoms with E-state index in [1.807, 2.05) is 49.6 Å². The van der Waals surface area contributed by atoms with E-state index in [1.54, 1.807) is 7.11 Å². The van der Waals surface area contributed by atoms with Crippen LogP contribution >= 0.6 is 11.8 Å². The highest BCUT2D eigenvalue weighted by Gasteiger charge is 2.20. The Morgan fingerprint density at radius 2 is 2.03 bits per heavy atom. The molecule has 0 fully saturated rings. The molecule has 30 heavy (non-hydrogen) atoms. The lowest BCUT2D eigenvalue weighted by Gasteiger charge is -2.13. The molecule has 0 spiro atoms. The number of rotatable bonds is 8. The first kappa shape index (κ1) is 21.8. The second-order valence-electron chi connectivity index (χ2n) is 6.97. The van der Waals surface area contributed by atoms with E-state index in [1.165, 1.54) is 11.8 Å². The first-order valence-electron chi connectivity index (χ1n) is 9.71. The standard InChI is InChI=1S/C22H25N5O2S/c1-14-15(2)27(10-7-11-29-4)21(18(14)12-23)26-20(28)13-30-22-17-8-5-6-9-19(17)24-16(3)25-22/h5-6,8-9H,7,10-11,13H2,1-4H3,(H,26,28). The van der Waals surface area contributed by atoms with E-state index < -0.39 is 0 Å². The normalized spacial score (nSPS) is 10.9. The molecule has 0 saturated carbocycles. The number of hydrogen-bond acceptors (Lipinski definition) is 6. The molecular formula is C22H25N5O2S. The van der Waals surface area contributed by atoms with Crippen LogP contribution in [0.3, 0.4) is 0 Å². The quantitative estimate of drug-likeness (QED) is 0.334. The number of ether oxygens (including phenoxy) is 1. The number of nitrogens with zero attached hydrogens (tertiary/aromatic N) is 4. The summed E-state index contributed by atoms with van der Waals surface area (Å²) in [5.41, 5.74) is 3.22. The number of amides is 1. The highest BCUT2D eigenvalue weighted by molar-refractivity contribution is 8.00. The summed E-state index contributed by atoms with van der Waals surface area (Å²) in [6.45, 7) is 6.99. The highest BCUT2D eigenvalue weighted by Crippen LogP contribution is 2.28. The minimum atomic E-state index is -0.178. The van der Waals surface area contributed by atoms with Crippen LogP contribution in [0.15, 0.2) is 29.3 Å². The lowest BCUT2D eigenvalue weighted by molar-refractivity contribution is -0.113. The second-order valence-corrected chi connectivity index (χ2v) is 7.94. The van der Waals surface area contributed by atoms with Crippen LogP contribution in [-0.4, -0.2) is 39.9 Å². The third kappa shape index (κ3) is 4.64. The van der Waals surface area contributed by atoms with Crippen LogP contribution in [-0.2, 0) is 16.1 Å². The molecule has 3 aromatic rings. The lowest BCUT2D eigenvalue weighted by Crippen LogP contribution is -2.18. The molecule has 1 amide bonds. The Morgan fingerprint density at radius 1 is 1.27 bits per heavy atom. The van der Waals surface area contributed by atoms with Gasteiger partial charge in [0.05, 0.1) is 16.8 Å². The number of aryl methyl sites for hydroxylation is 1. The molecule has 7 nitrogen and oxygen atoms in total. The third-order valence-corrected chi connectivity index (χ3v) is 5.94. The maximum Gasteiger partial charge on any atom is 0.235 e. The van der Waals surface area contributed by atoms with E-state index >= 15 is 0 Å². The largest absolute Gasteiger partial charge is 0.385 e. The number of thioether (sulfide) groups is 1. The number of nitriles is 1. The monoisotopic (exact) mass is 423 g/mol. The molecule has 2 aromatic heterocycles. The average molecular weight is 424 g/mol. The minimum absolute atomic E-state index is 0.178. The van der Waals surface area contributed by atoms with Crippen molar-refractivity contribution < 1.29 is 9.53 Å². The van der Waals surface area contributed by atoms with Crippen molar-refractivity contribution in [2.24, 2.45) is 0 Å². The number of hydrogen-bond donors (Lipinski definition) is 1. The van der Waals surface area contributed by atoms with Gasteiger partial charge in [-0.3, -0.25) is 4.79 Å². The molecule has 3 rings (SSSR count). The molecule has 0 saturated heterocycles. The Bertz CT molecular complexity index is 1120. The van der Waals surface area contributed by atoms with Gasteiger partial charge in [0.2, 0.25) is 5.91 Å². The van der Waals surface area contributed by atoms with Gasteiger partial charge in [-0.05, 0) is 38.8 Å². The summed E-state index contributed by atoms with van der Waals surface area (Å²) in [4.78, 5) is 21.7. The maximum atomic E-state index is 12.8. The molecular weight excluding hydrogens is 398 g/mol. The number of anilines is 1. The summed E-state index contributed by atoms with van der Waals surface area (Å²) >= 11 is 1.37. The van der Waals surface area contributed by atoms with Gasteiger partial charge in [-0.15, -0.1) is 0 Å². The molecule has 156 valence electrons. The molecule has 2 heterocycles. The van der Waals surface area contributed by atoms with Gasteiger partial charge in [0, 0.05) is 31.3 Å². The maximum absolute atomic E-state index is 12.8. The molecule has 0 atom stereocenters. The summed E-state index contributed by atoms with van der Waals surface area (Å²) < 4.78 is 7.12. The number of para-hydroxylation sites is 1. The van der Waals surface area contributed by atoms with Crippen molar-refractivity contribution in [2.45, 2.75) is 38.8 Å². The van der Waals surface area contributed by atoms with Crippen LogP contribution in [0, 0.1) is 32.1 Å². The summed E-state index contributed by atoms with van der Waals surface area (Å²) in [5.74, 6) is 1.23. The van der Waals surface area contributed by atoms with Crippen LogP contribution in [0.2, 0.25) is 0 Å². The Hall–Kier alpha value is -2.89. The van der Waals surface area contributed by atoms with Crippen molar-refractivity contribution in [2.75, 3.05) is 24.8 Å². The predicted octanol–water partition coefficient (Wildman–Crippen LogP) is 4.00. The number of carbonyl (C=O) groups excluding carboxylic acids is 1. The Labute approximate surface area is 180 Å². The lowest BCUT2D eigenvalue weighted by atomic mass is 10.2. The zero-order valence-electron chi connectivity index (χ0n) is 17.7. The first-order valence-corrected chi connectivity index (χ1v) is 10.7. The van der Waals surface area contributed by atoms with Crippen LogP contribution in [0.1, 0.15) is 29.1 Å². The van der Waals surface area contributed by atoms with Crippen LogP contribution in [0.25, 0.3) is 10.9 Å². The van der Waals surface area contributed by atoms with E-state index in [0.717, 1.165) is 33.6 Å². The Kier molecular flexibility index (Phi) is 7.08. The number of methoxy groups -OCH3 is 1. The summed E-state index contributed by atoms with van der Waals surface area (Å²) in [6, 6.07) is 9.99. The molecule has 0 radical (unpaired) electrons. The van der Waals surface area contributed by atoms with Gasteiger partial charge < -0.3 is 14.6 Å². The second kappa shape index (κ2) is 9.74. The third-order valence-electron chi connectivity index (χ3n) is 4.95. The molecule has 1 aromatic carbocycles. The number of benzene rings is 1. The number of aromatic nitrogens is 3. The van der Waals surface area contributed by atoms with E-state index in [4.69, 9.17) is 4.74 Å². The van der Waals surface area contributed by atoms with E-state index in [9.17, 15) is 10.1 Å². The van der Waals surface area contributed by atoms with Crippen LogP contribution < -0.4 is 5.32 Å². The Morgan fingerprint density at radius 3 is 2.77 bits per heavy atom. The molecule has 0 aliphatic heterocycles.